The summed E-state index contributed by atoms with van der Waals surface area (Å²) in [6, 6.07) is 0. The largest absolute Gasteiger partial charge is 0.102 e. The Bertz CT molecular complexity index is 76.0. The Hall–Kier alpha value is -0.260. The number of rotatable bonds is 1. The van der Waals surface area contributed by atoms with Crippen LogP contribution in [0.2, 0.25) is 0 Å². The van der Waals surface area contributed by atoms with E-state index in [1.165, 1.54) is 38.5 Å². The first-order valence-corrected chi connectivity index (χ1v) is 3.90. The van der Waals surface area contributed by atoms with Crippen molar-refractivity contribution in [3.05, 3.63) is 18.6 Å². The van der Waals surface area contributed by atoms with Crippen molar-refractivity contribution >= 4 is 0 Å². The Morgan fingerprint density at radius 1 is 1.00 bits per heavy atom. The molecule has 0 spiro atoms. The third-order valence-corrected chi connectivity index (χ3v) is 2.03. The molecular weight excluding hydrogens is 108 g/mol. The lowest BCUT2D eigenvalue weighted by Crippen LogP contribution is -1.88. The number of hydrogen-bond acceptors (Lipinski definition) is 0. The second-order valence-corrected chi connectivity index (χ2v) is 2.78. The van der Waals surface area contributed by atoms with Crippen molar-refractivity contribution in [3.63, 3.8) is 0 Å². The molecular formula is C9H15. The van der Waals surface area contributed by atoms with Crippen molar-refractivity contribution in [1.29, 1.82) is 0 Å². The molecule has 0 aromatic heterocycles. The summed E-state index contributed by atoms with van der Waals surface area (Å²) >= 11 is 0. The van der Waals surface area contributed by atoms with Crippen LogP contribution in [0.5, 0.6) is 0 Å². The van der Waals surface area contributed by atoms with Crippen LogP contribution in [0.1, 0.15) is 38.5 Å². The van der Waals surface area contributed by atoms with Gasteiger partial charge in [-0.1, -0.05) is 31.8 Å². The summed E-state index contributed by atoms with van der Waals surface area (Å²) in [7, 11) is 0. The minimum absolute atomic E-state index is 1.31. The molecule has 1 saturated carbocycles. The first-order chi connectivity index (χ1) is 4.43. The summed E-state index contributed by atoms with van der Waals surface area (Å²) in [5.41, 5.74) is 0. The molecule has 0 aromatic rings. The first-order valence-electron chi connectivity index (χ1n) is 3.90. The zero-order valence-electron chi connectivity index (χ0n) is 6.03. The van der Waals surface area contributed by atoms with Crippen LogP contribution < -0.4 is 0 Å². The van der Waals surface area contributed by atoms with Gasteiger partial charge in [-0.25, -0.2) is 0 Å². The van der Waals surface area contributed by atoms with Gasteiger partial charge in [0.25, 0.3) is 0 Å². The van der Waals surface area contributed by atoms with E-state index in [-0.39, 0.29) is 0 Å². The van der Waals surface area contributed by atoms with Crippen LogP contribution in [-0.2, 0) is 0 Å². The lowest BCUT2D eigenvalue weighted by Gasteiger charge is -2.04. The van der Waals surface area contributed by atoms with Crippen molar-refractivity contribution < 1.29 is 0 Å². The Morgan fingerprint density at radius 3 is 2.00 bits per heavy atom. The molecule has 1 fully saturated rings. The molecule has 0 heterocycles. The first kappa shape index (κ1) is 6.85. The summed E-state index contributed by atoms with van der Waals surface area (Å²) in [6.45, 7) is 3.79. The van der Waals surface area contributed by atoms with Gasteiger partial charge >= 0.3 is 0 Å². The standard InChI is InChI=1S/C9H15/c1-2-9-7-5-3-4-6-8-9/h2H,1,3-8H2. The maximum absolute atomic E-state index is 3.79. The lowest BCUT2D eigenvalue weighted by molar-refractivity contribution is 0.702. The SMILES string of the molecule is C=C[C]1CCCCCC1. The molecule has 0 aliphatic heterocycles. The van der Waals surface area contributed by atoms with Crippen LogP contribution in [0.25, 0.3) is 0 Å². The highest BCUT2D eigenvalue weighted by Crippen LogP contribution is 2.24. The zero-order valence-corrected chi connectivity index (χ0v) is 6.03. The number of hydrogen-bond donors (Lipinski definition) is 0. The highest BCUT2D eigenvalue weighted by atomic mass is 14.1. The molecule has 0 heteroatoms. The second-order valence-electron chi connectivity index (χ2n) is 2.78. The molecule has 1 radical (unpaired) electrons. The van der Waals surface area contributed by atoms with Crippen LogP contribution in [0, 0.1) is 5.92 Å². The summed E-state index contributed by atoms with van der Waals surface area (Å²) in [4.78, 5) is 0. The van der Waals surface area contributed by atoms with Crippen molar-refractivity contribution in [2.24, 2.45) is 0 Å². The third kappa shape index (κ3) is 2.21. The van der Waals surface area contributed by atoms with Gasteiger partial charge in [0.1, 0.15) is 0 Å². The topological polar surface area (TPSA) is 0 Å². The van der Waals surface area contributed by atoms with Crippen molar-refractivity contribution in [2.45, 2.75) is 38.5 Å². The number of allylic oxidation sites excluding steroid dienone is 1. The predicted molar refractivity (Wildman–Crippen MR) is 41.1 cm³/mol. The van der Waals surface area contributed by atoms with E-state index in [4.69, 9.17) is 0 Å². The monoisotopic (exact) mass is 123 g/mol. The molecule has 1 aliphatic carbocycles. The van der Waals surface area contributed by atoms with Gasteiger partial charge in [0, 0.05) is 0 Å². The fourth-order valence-corrected chi connectivity index (χ4v) is 1.39. The average molecular weight is 123 g/mol. The van der Waals surface area contributed by atoms with Crippen LogP contribution in [0.4, 0.5) is 0 Å². The van der Waals surface area contributed by atoms with E-state index in [9.17, 15) is 0 Å². The molecule has 1 aliphatic rings. The minimum Gasteiger partial charge on any atom is -0.102 e. The van der Waals surface area contributed by atoms with Gasteiger partial charge in [-0.2, -0.15) is 0 Å². The molecule has 0 nitrogen and oxygen atoms in total. The Morgan fingerprint density at radius 2 is 1.56 bits per heavy atom. The highest BCUT2D eigenvalue weighted by Gasteiger charge is 2.07. The lowest BCUT2D eigenvalue weighted by atomic mass is 10.0. The van der Waals surface area contributed by atoms with Crippen LogP contribution in [0.3, 0.4) is 0 Å². The van der Waals surface area contributed by atoms with Crippen molar-refractivity contribution in [3.8, 4) is 0 Å². The zero-order chi connectivity index (χ0) is 6.53. The van der Waals surface area contributed by atoms with Crippen LogP contribution >= 0.6 is 0 Å². The maximum Gasteiger partial charge on any atom is -0.00301 e. The summed E-state index contributed by atoms with van der Waals surface area (Å²) in [6.07, 6.45) is 10.3. The molecule has 0 amide bonds. The fourth-order valence-electron chi connectivity index (χ4n) is 1.39. The maximum atomic E-state index is 3.79. The summed E-state index contributed by atoms with van der Waals surface area (Å²) in [5.74, 6) is 1.58. The van der Waals surface area contributed by atoms with Crippen LogP contribution in [0.15, 0.2) is 12.7 Å². The summed E-state index contributed by atoms with van der Waals surface area (Å²) < 4.78 is 0. The van der Waals surface area contributed by atoms with Gasteiger partial charge in [-0.15, -0.1) is 6.58 Å². The van der Waals surface area contributed by atoms with E-state index in [1.54, 1.807) is 5.92 Å². The Kier molecular flexibility index (Phi) is 2.82. The molecule has 51 valence electrons. The highest BCUT2D eigenvalue weighted by molar-refractivity contribution is 5.06. The molecule has 0 aromatic carbocycles. The molecule has 0 atom stereocenters. The van der Waals surface area contributed by atoms with Gasteiger partial charge in [-0.3, -0.25) is 0 Å². The van der Waals surface area contributed by atoms with Crippen molar-refractivity contribution in [2.75, 3.05) is 0 Å². The van der Waals surface area contributed by atoms with E-state index in [0.717, 1.165) is 0 Å². The molecule has 0 unspecified atom stereocenters. The summed E-state index contributed by atoms with van der Waals surface area (Å²) in [5, 5.41) is 0. The van der Waals surface area contributed by atoms with E-state index in [1.807, 2.05) is 6.08 Å². The Balaban J connectivity index is 2.26. The second kappa shape index (κ2) is 3.71. The molecule has 9 heavy (non-hydrogen) atoms. The quantitative estimate of drug-likeness (QED) is 0.470. The fraction of sp³-hybridized carbons (Fsp3) is 0.667. The van der Waals surface area contributed by atoms with Gasteiger partial charge in [0.05, 0.1) is 0 Å². The van der Waals surface area contributed by atoms with E-state index < -0.39 is 0 Å². The van der Waals surface area contributed by atoms with Gasteiger partial charge in [0.15, 0.2) is 0 Å². The molecule has 0 bridgehead atoms. The van der Waals surface area contributed by atoms with Crippen LogP contribution in [-0.4, -0.2) is 0 Å². The van der Waals surface area contributed by atoms with E-state index >= 15 is 0 Å². The average Bonchev–Trinajstić information content (AvgIpc) is 2.13. The van der Waals surface area contributed by atoms with Gasteiger partial charge in [-0.05, 0) is 18.8 Å². The Labute approximate surface area is 58.0 Å². The van der Waals surface area contributed by atoms with Crippen molar-refractivity contribution in [1.82, 2.24) is 0 Å². The van der Waals surface area contributed by atoms with Gasteiger partial charge < -0.3 is 0 Å². The molecule has 0 saturated heterocycles. The van der Waals surface area contributed by atoms with Gasteiger partial charge in [0.2, 0.25) is 0 Å². The minimum atomic E-state index is 1.31. The van der Waals surface area contributed by atoms with E-state index in [2.05, 4.69) is 6.58 Å². The molecule has 1 rings (SSSR count). The predicted octanol–water partition coefficient (Wildman–Crippen LogP) is 3.10. The van der Waals surface area contributed by atoms with E-state index in [0.29, 0.717) is 0 Å². The molecule has 0 N–H and O–H groups in total. The normalized spacial score (nSPS) is 23.1. The third-order valence-electron chi connectivity index (χ3n) is 2.03. The smallest absolute Gasteiger partial charge is 0.00301 e.